The summed E-state index contributed by atoms with van der Waals surface area (Å²) in [5, 5.41) is 0. The highest BCUT2D eigenvalue weighted by Gasteiger charge is 2.26. The highest BCUT2D eigenvalue weighted by atomic mass is 19.4. The molecule has 0 aromatic rings. The highest BCUT2D eigenvalue weighted by molar-refractivity contribution is 5.75. The Labute approximate surface area is 74.7 Å². The van der Waals surface area contributed by atoms with E-state index in [9.17, 15) is 18.0 Å². The summed E-state index contributed by atoms with van der Waals surface area (Å²) in [6, 6.07) is 0. The van der Waals surface area contributed by atoms with Crippen LogP contribution >= 0.6 is 0 Å². The molecular weight excluding hydrogens is 185 g/mol. The fourth-order valence-electron chi connectivity index (χ4n) is 0.665. The summed E-state index contributed by atoms with van der Waals surface area (Å²) in [4.78, 5) is 10.8. The maximum Gasteiger partial charge on any atom is 0.402 e. The number of carbonyl (C=O) groups excluding carboxylic acids is 1. The first-order chi connectivity index (χ1) is 5.81. The monoisotopic (exact) mass is 198 g/mol. The molecule has 78 valence electrons. The van der Waals surface area contributed by atoms with Crippen LogP contribution in [0.3, 0.4) is 0 Å². The van der Waals surface area contributed by atoms with Gasteiger partial charge in [0.2, 0.25) is 5.91 Å². The molecule has 3 nitrogen and oxygen atoms in total. The van der Waals surface area contributed by atoms with Gasteiger partial charge in [-0.2, -0.15) is 13.2 Å². The predicted molar refractivity (Wildman–Crippen MR) is 41.7 cm³/mol. The Morgan fingerprint density at radius 1 is 1.38 bits per heavy atom. The van der Waals surface area contributed by atoms with E-state index >= 15 is 0 Å². The van der Waals surface area contributed by atoms with Gasteiger partial charge in [-0.15, -0.1) is 0 Å². The van der Waals surface area contributed by atoms with Gasteiger partial charge in [0.1, 0.15) is 6.54 Å². The van der Waals surface area contributed by atoms with E-state index in [2.05, 4.69) is 0 Å². The molecule has 13 heavy (non-hydrogen) atoms. The lowest BCUT2D eigenvalue weighted by Gasteiger charge is -2.10. The lowest BCUT2D eigenvalue weighted by Crippen LogP contribution is -2.43. The molecular formula is C7H13F3N2O. The first-order valence-corrected chi connectivity index (χ1v) is 3.89. The molecule has 0 aliphatic rings. The standard InChI is InChI=1S/C7H13F3N2O/c1-5(2)3-6(13)12-11-4-7(8,9)10/h5,11H,3-4H2,1-2H3,(H,12,13). The Balaban J connectivity index is 3.49. The number of nitrogens with one attached hydrogen (secondary N) is 2. The van der Waals surface area contributed by atoms with Crippen LogP contribution in [0.15, 0.2) is 0 Å². The average molecular weight is 198 g/mol. The summed E-state index contributed by atoms with van der Waals surface area (Å²) in [5.74, 6) is -0.299. The maximum atomic E-state index is 11.6. The third kappa shape index (κ3) is 9.13. The molecule has 0 saturated heterocycles. The zero-order valence-corrected chi connectivity index (χ0v) is 7.53. The molecule has 0 fully saturated rings. The molecule has 0 atom stereocenters. The van der Waals surface area contributed by atoms with Crippen molar-refractivity contribution in [1.82, 2.24) is 10.9 Å². The number of halogens is 3. The van der Waals surface area contributed by atoms with E-state index in [1.807, 2.05) is 19.3 Å². The molecule has 0 aliphatic heterocycles. The number of rotatable bonds is 4. The summed E-state index contributed by atoms with van der Waals surface area (Å²) >= 11 is 0. The Bertz CT molecular complexity index is 168. The van der Waals surface area contributed by atoms with Crippen LogP contribution < -0.4 is 10.9 Å². The van der Waals surface area contributed by atoms with E-state index in [-0.39, 0.29) is 12.3 Å². The second kappa shape index (κ2) is 5.06. The number of amides is 1. The third-order valence-electron chi connectivity index (χ3n) is 1.11. The Morgan fingerprint density at radius 2 is 1.92 bits per heavy atom. The van der Waals surface area contributed by atoms with Crippen molar-refractivity contribution in [2.75, 3.05) is 6.54 Å². The molecule has 6 heteroatoms. The molecule has 0 rings (SSSR count). The first kappa shape index (κ1) is 12.2. The van der Waals surface area contributed by atoms with Crippen molar-refractivity contribution in [2.45, 2.75) is 26.4 Å². The van der Waals surface area contributed by atoms with E-state index < -0.39 is 18.6 Å². The van der Waals surface area contributed by atoms with Gasteiger partial charge in [-0.05, 0) is 5.92 Å². The molecule has 0 radical (unpaired) electrons. The van der Waals surface area contributed by atoms with Gasteiger partial charge < -0.3 is 0 Å². The summed E-state index contributed by atoms with van der Waals surface area (Å²) < 4.78 is 34.7. The SMILES string of the molecule is CC(C)CC(=O)NNCC(F)(F)F. The number of hydrogen-bond acceptors (Lipinski definition) is 2. The van der Waals surface area contributed by atoms with Crippen molar-refractivity contribution < 1.29 is 18.0 Å². The topological polar surface area (TPSA) is 41.1 Å². The molecule has 1 amide bonds. The van der Waals surface area contributed by atoms with Gasteiger partial charge in [0.15, 0.2) is 0 Å². The van der Waals surface area contributed by atoms with Crippen LogP contribution in [0.1, 0.15) is 20.3 Å². The maximum absolute atomic E-state index is 11.6. The van der Waals surface area contributed by atoms with Crippen molar-refractivity contribution in [2.24, 2.45) is 5.92 Å². The number of hydrazine groups is 1. The fourth-order valence-corrected chi connectivity index (χ4v) is 0.665. The van der Waals surface area contributed by atoms with Gasteiger partial charge >= 0.3 is 6.18 Å². The zero-order valence-electron chi connectivity index (χ0n) is 7.53. The quantitative estimate of drug-likeness (QED) is 0.667. The average Bonchev–Trinajstić information content (AvgIpc) is 1.81. The molecule has 0 heterocycles. The van der Waals surface area contributed by atoms with Gasteiger partial charge in [-0.1, -0.05) is 13.8 Å². The van der Waals surface area contributed by atoms with E-state index in [0.717, 1.165) is 0 Å². The molecule has 0 unspecified atom stereocenters. The van der Waals surface area contributed by atoms with Gasteiger partial charge in [-0.3, -0.25) is 10.2 Å². The molecule has 0 aromatic carbocycles. The van der Waals surface area contributed by atoms with E-state index in [1.165, 1.54) is 0 Å². The molecule has 0 saturated carbocycles. The van der Waals surface area contributed by atoms with E-state index in [1.54, 1.807) is 5.43 Å². The van der Waals surface area contributed by atoms with Gasteiger partial charge in [0, 0.05) is 6.42 Å². The van der Waals surface area contributed by atoms with E-state index in [0.29, 0.717) is 0 Å². The minimum Gasteiger partial charge on any atom is -0.291 e. The van der Waals surface area contributed by atoms with Crippen molar-refractivity contribution in [3.05, 3.63) is 0 Å². The minimum absolute atomic E-state index is 0.132. The molecule has 0 aromatic heterocycles. The largest absolute Gasteiger partial charge is 0.402 e. The van der Waals surface area contributed by atoms with Crippen LogP contribution in [0.5, 0.6) is 0 Å². The van der Waals surface area contributed by atoms with Gasteiger partial charge in [0.05, 0.1) is 0 Å². The lowest BCUT2D eigenvalue weighted by molar-refractivity contribution is -0.132. The second-order valence-corrected chi connectivity index (χ2v) is 3.11. The fraction of sp³-hybridized carbons (Fsp3) is 0.857. The van der Waals surface area contributed by atoms with Crippen LogP contribution in [0, 0.1) is 5.92 Å². The Kier molecular flexibility index (Phi) is 4.76. The summed E-state index contributed by atoms with van der Waals surface area (Å²) in [5.41, 5.74) is 3.77. The van der Waals surface area contributed by atoms with Crippen LogP contribution in [-0.2, 0) is 4.79 Å². The van der Waals surface area contributed by atoms with E-state index in [4.69, 9.17) is 0 Å². The Hall–Kier alpha value is -0.780. The van der Waals surface area contributed by atoms with Crippen LogP contribution in [0.2, 0.25) is 0 Å². The first-order valence-electron chi connectivity index (χ1n) is 3.89. The van der Waals surface area contributed by atoms with Gasteiger partial charge in [0.25, 0.3) is 0 Å². The van der Waals surface area contributed by atoms with Crippen LogP contribution in [-0.4, -0.2) is 18.6 Å². The van der Waals surface area contributed by atoms with Crippen LogP contribution in [0.4, 0.5) is 13.2 Å². The predicted octanol–water partition coefficient (Wildman–Crippen LogP) is 1.22. The normalized spacial score (nSPS) is 11.8. The highest BCUT2D eigenvalue weighted by Crippen LogP contribution is 2.11. The smallest absolute Gasteiger partial charge is 0.291 e. The molecule has 0 spiro atoms. The van der Waals surface area contributed by atoms with Crippen molar-refractivity contribution in [3.63, 3.8) is 0 Å². The zero-order chi connectivity index (χ0) is 10.5. The molecule has 0 aliphatic carbocycles. The number of alkyl halides is 3. The van der Waals surface area contributed by atoms with Crippen molar-refractivity contribution in [3.8, 4) is 0 Å². The van der Waals surface area contributed by atoms with Gasteiger partial charge in [-0.25, -0.2) is 5.43 Å². The molecule has 0 bridgehead atoms. The summed E-state index contributed by atoms with van der Waals surface area (Å²) in [6.45, 7) is 2.41. The minimum atomic E-state index is -4.30. The lowest BCUT2D eigenvalue weighted by atomic mass is 10.1. The van der Waals surface area contributed by atoms with Crippen molar-refractivity contribution >= 4 is 5.91 Å². The second-order valence-electron chi connectivity index (χ2n) is 3.11. The molecule has 2 N–H and O–H groups in total. The summed E-state index contributed by atoms with van der Waals surface area (Å²) in [6.07, 6.45) is -4.09. The van der Waals surface area contributed by atoms with Crippen LogP contribution in [0.25, 0.3) is 0 Å². The number of hydrogen-bond donors (Lipinski definition) is 2. The number of carbonyl (C=O) groups is 1. The Morgan fingerprint density at radius 3 is 2.31 bits per heavy atom. The third-order valence-corrected chi connectivity index (χ3v) is 1.11. The van der Waals surface area contributed by atoms with Crippen molar-refractivity contribution in [1.29, 1.82) is 0 Å². The summed E-state index contributed by atoms with van der Waals surface area (Å²) in [7, 11) is 0.